The average Bonchev–Trinajstić information content (AvgIpc) is 2.97. The maximum Gasteiger partial charge on any atom is 0.0894 e. The molecule has 4 atom stereocenters. The van der Waals surface area contributed by atoms with E-state index in [4.69, 9.17) is 10.1 Å². The van der Waals surface area contributed by atoms with E-state index in [-0.39, 0.29) is 6.04 Å². The van der Waals surface area contributed by atoms with Crippen LogP contribution in [0, 0.1) is 17.8 Å². The molecule has 4 rings (SSSR count). The Morgan fingerprint density at radius 3 is 2.50 bits per heavy atom. The maximum absolute atomic E-state index is 4.83. The fourth-order valence-corrected chi connectivity index (χ4v) is 4.43. The van der Waals surface area contributed by atoms with Crippen LogP contribution in [0.15, 0.2) is 47.8 Å². The van der Waals surface area contributed by atoms with Crippen molar-refractivity contribution in [1.82, 2.24) is 15.4 Å². The average molecular weight is 379 g/mol. The monoisotopic (exact) mass is 378 g/mol. The number of hydrogen-bond donors (Lipinski definition) is 1. The molecular weight excluding hydrogens is 344 g/mol. The molecule has 1 aliphatic carbocycles. The van der Waals surface area contributed by atoms with Gasteiger partial charge < -0.3 is 5.43 Å². The standard InChI is InChI=1S/C22H28N4.C2H6/c1-3-16-9-12-20(24-14-16)22-18-11-8-15(2)7-10-17(18)21(25-26-22)19-6-4-5-13-23-19;1-2/h4-6,9,12-15,17-18,21,25H,3,7-8,10-11H2,1-2H3;1-2H3. The number of nitrogens with one attached hydrogen (secondary N) is 1. The Morgan fingerprint density at radius 1 is 1.00 bits per heavy atom. The number of nitrogens with zero attached hydrogens (tertiary/aromatic N) is 3. The van der Waals surface area contributed by atoms with E-state index in [1.54, 1.807) is 0 Å². The van der Waals surface area contributed by atoms with Crippen molar-refractivity contribution in [3.05, 3.63) is 59.7 Å². The molecule has 4 unspecified atom stereocenters. The van der Waals surface area contributed by atoms with Gasteiger partial charge >= 0.3 is 0 Å². The summed E-state index contributed by atoms with van der Waals surface area (Å²) in [5, 5.41) is 4.83. The Labute approximate surface area is 169 Å². The zero-order valence-electron chi connectivity index (χ0n) is 17.7. The highest BCUT2D eigenvalue weighted by Gasteiger charge is 2.40. The smallest absolute Gasteiger partial charge is 0.0894 e. The van der Waals surface area contributed by atoms with Crippen LogP contribution in [0.3, 0.4) is 0 Å². The van der Waals surface area contributed by atoms with Crippen LogP contribution in [0.2, 0.25) is 0 Å². The van der Waals surface area contributed by atoms with Gasteiger partial charge in [0.15, 0.2) is 0 Å². The van der Waals surface area contributed by atoms with Gasteiger partial charge in [-0.2, -0.15) is 5.10 Å². The van der Waals surface area contributed by atoms with Crippen molar-refractivity contribution in [2.75, 3.05) is 0 Å². The molecular formula is C24H34N4. The van der Waals surface area contributed by atoms with Crippen molar-refractivity contribution < 1.29 is 0 Å². The fourth-order valence-electron chi connectivity index (χ4n) is 4.43. The molecule has 1 aliphatic heterocycles. The van der Waals surface area contributed by atoms with Gasteiger partial charge in [0.2, 0.25) is 0 Å². The van der Waals surface area contributed by atoms with E-state index in [2.05, 4.69) is 48.5 Å². The number of rotatable bonds is 3. The molecule has 0 amide bonds. The van der Waals surface area contributed by atoms with E-state index >= 15 is 0 Å². The Hall–Kier alpha value is -2.23. The minimum Gasteiger partial charge on any atom is -0.300 e. The molecule has 4 nitrogen and oxygen atoms in total. The molecule has 28 heavy (non-hydrogen) atoms. The quantitative estimate of drug-likeness (QED) is 0.761. The molecule has 0 aromatic carbocycles. The number of pyridine rings is 2. The fraction of sp³-hybridized carbons (Fsp3) is 0.542. The first-order chi connectivity index (χ1) is 13.8. The third kappa shape index (κ3) is 4.43. The Bertz CT molecular complexity index is 754. The first-order valence-corrected chi connectivity index (χ1v) is 11.0. The lowest BCUT2D eigenvalue weighted by atomic mass is 9.76. The third-order valence-electron chi connectivity index (χ3n) is 6.09. The normalized spacial score (nSPS) is 26.6. The molecule has 3 heterocycles. The van der Waals surface area contributed by atoms with Crippen molar-refractivity contribution in [2.45, 2.75) is 65.8 Å². The number of aromatic nitrogens is 2. The van der Waals surface area contributed by atoms with Crippen LogP contribution >= 0.6 is 0 Å². The van der Waals surface area contributed by atoms with Gasteiger partial charge in [0.25, 0.3) is 0 Å². The van der Waals surface area contributed by atoms with Crippen LogP contribution in [0.1, 0.15) is 76.4 Å². The number of fused-ring (bicyclic) bond motifs is 1. The summed E-state index contributed by atoms with van der Waals surface area (Å²) in [5.41, 5.74) is 7.98. The first kappa shape index (κ1) is 20.5. The summed E-state index contributed by atoms with van der Waals surface area (Å²) in [6.07, 6.45) is 9.85. The molecule has 0 saturated heterocycles. The van der Waals surface area contributed by atoms with Crippen molar-refractivity contribution in [1.29, 1.82) is 0 Å². The van der Waals surface area contributed by atoms with Crippen LogP contribution < -0.4 is 5.43 Å². The predicted molar refractivity (Wildman–Crippen MR) is 116 cm³/mol. The van der Waals surface area contributed by atoms with Crippen molar-refractivity contribution in [2.24, 2.45) is 22.9 Å². The summed E-state index contributed by atoms with van der Waals surface area (Å²) in [5.74, 6) is 1.75. The summed E-state index contributed by atoms with van der Waals surface area (Å²) in [6.45, 7) is 8.54. The van der Waals surface area contributed by atoms with Gasteiger partial charge in [0.05, 0.1) is 23.1 Å². The Balaban J connectivity index is 0.00000109. The second-order valence-corrected chi connectivity index (χ2v) is 7.79. The third-order valence-corrected chi connectivity index (χ3v) is 6.09. The lowest BCUT2D eigenvalue weighted by Crippen LogP contribution is -2.40. The molecule has 2 aromatic rings. The summed E-state index contributed by atoms with van der Waals surface area (Å²) < 4.78 is 0. The minimum absolute atomic E-state index is 0.199. The van der Waals surface area contributed by atoms with Gasteiger partial charge in [0, 0.05) is 18.3 Å². The van der Waals surface area contributed by atoms with Crippen LogP contribution in [-0.2, 0) is 6.42 Å². The molecule has 0 spiro atoms. The number of hydrazone groups is 1. The van der Waals surface area contributed by atoms with Gasteiger partial charge in [-0.15, -0.1) is 0 Å². The highest BCUT2D eigenvalue weighted by Crippen LogP contribution is 2.42. The van der Waals surface area contributed by atoms with Gasteiger partial charge in [-0.05, 0) is 54.9 Å². The minimum atomic E-state index is 0.199. The summed E-state index contributed by atoms with van der Waals surface area (Å²) >= 11 is 0. The van der Waals surface area contributed by atoms with Gasteiger partial charge in [-0.1, -0.05) is 52.7 Å². The molecule has 1 N–H and O–H groups in total. The molecule has 1 fully saturated rings. The van der Waals surface area contributed by atoms with E-state index in [0.717, 1.165) is 29.4 Å². The van der Waals surface area contributed by atoms with Gasteiger partial charge in [-0.3, -0.25) is 9.97 Å². The van der Waals surface area contributed by atoms with Crippen LogP contribution in [0.4, 0.5) is 0 Å². The SMILES string of the molecule is CC.CCc1ccc(C2=NNC(c3ccccn3)C3CCC(C)CCC23)nc1. The van der Waals surface area contributed by atoms with Crippen molar-refractivity contribution in [3.63, 3.8) is 0 Å². The molecule has 1 saturated carbocycles. The van der Waals surface area contributed by atoms with Crippen molar-refractivity contribution >= 4 is 5.71 Å². The van der Waals surface area contributed by atoms with Gasteiger partial charge in [0.1, 0.15) is 0 Å². The van der Waals surface area contributed by atoms with E-state index in [1.165, 1.54) is 31.2 Å². The zero-order chi connectivity index (χ0) is 19.9. The second kappa shape index (κ2) is 9.81. The van der Waals surface area contributed by atoms with E-state index in [0.29, 0.717) is 11.8 Å². The van der Waals surface area contributed by atoms with Crippen LogP contribution in [-0.4, -0.2) is 15.7 Å². The molecule has 4 heteroatoms. The zero-order valence-corrected chi connectivity index (χ0v) is 17.7. The Kier molecular flexibility index (Phi) is 7.18. The van der Waals surface area contributed by atoms with Crippen LogP contribution in [0.25, 0.3) is 0 Å². The predicted octanol–water partition coefficient (Wildman–Crippen LogP) is 5.56. The molecule has 150 valence electrons. The van der Waals surface area contributed by atoms with E-state index in [9.17, 15) is 0 Å². The Morgan fingerprint density at radius 2 is 1.82 bits per heavy atom. The summed E-state index contributed by atoms with van der Waals surface area (Å²) in [4.78, 5) is 9.34. The van der Waals surface area contributed by atoms with Crippen molar-refractivity contribution in [3.8, 4) is 0 Å². The first-order valence-electron chi connectivity index (χ1n) is 11.0. The molecule has 2 aliphatic rings. The summed E-state index contributed by atoms with van der Waals surface area (Å²) in [6, 6.07) is 10.7. The molecule has 0 radical (unpaired) electrons. The highest BCUT2D eigenvalue weighted by molar-refractivity contribution is 6.01. The molecule has 2 aromatic heterocycles. The second-order valence-electron chi connectivity index (χ2n) is 7.79. The molecule has 0 bridgehead atoms. The lowest BCUT2D eigenvalue weighted by Gasteiger charge is -2.37. The van der Waals surface area contributed by atoms with Crippen LogP contribution in [0.5, 0.6) is 0 Å². The highest BCUT2D eigenvalue weighted by atomic mass is 15.3. The van der Waals surface area contributed by atoms with Gasteiger partial charge in [-0.25, -0.2) is 0 Å². The largest absolute Gasteiger partial charge is 0.300 e. The number of hydrogen-bond acceptors (Lipinski definition) is 4. The maximum atomic E-state index is 4.83. The summed E-state index contributed by atoms with van der Waals surface area (Å²) in [7, 11) is 0. The lowest BCUT2D eigenvalue weighted by molar-refractivity contribution is 0.263. The van der Waals surface area contributed by atoms with E-state index in [1.807, 2.05) is 32.3 Å². The van der Waals surface area contributed by atoms with E-state index < -0.39 is 0 Å². The number of aryl methyl sites for hydroxylation is 1. The topological polar surface area (TPSA) is 50.2 Å².